The van der Waals surface area contributed by atoms with Gasteiger partial charge in [0.15, 0.2) is 0 Å². The lowest BCUT2D eigenvalue weighted by Gasteiger charge is -2.07. The molecule has 0 saturated heterocycles. The second kappa shape index (κ2) is 7.11. The third kappa shape index (κ3) is 5.27. The minimum Gasteiger partial charge on any atom is -0.389 e. The van der Waals surface area contributed by atoms with Crippen LogP contribution in [0, 0.1) is 5.92 Å². The third-order valence-corrected chi connectivity index (χ3v) is 2.91. The highest BCUT2D eigenvalue weighted by atomic mass is 32.1. The van der Waals surface area contributed by atoms with E-state index in [9.17, 15) is 4.79 Å². The van der Waals surface area contributed by atoms with Crippen molar-refractivity contribution < 1.29 is 4.79 Å². The summed E-state index contributed by atoms with van der Waals surface area (Å²) in [6, 6.07) is 7.60. The first-order valence-corrected chi connectivity index (χ1v) is 6.55. The lowest BCUT2D eigenvalue weighted by molar-refractivity contribution is -0.121. The van der Waals surface area contributed by atoms with Crippen molar-refractivity contribution in [2.45, 2.75) is 33.2 Å². The Bertz CT molecular complexity index is 412. The van der Waals surface area contributed by atoms with Crippen LogP contribution in [-0.2, 0) is 11.3 Å². The van der Waals surface area contributed by atoms with E-state index in [1.807, 2.05) is 24.3 Å². The lowest BCUT2D eigenvalue weighted by atomic mass is 10.1. The van der Waals surface area contributed by atoms with Crippen LogP contribution in [0.3, 0.4) is 0 Å². The van der Waals surface area contributed by atoms with Crippen LogP contribution in [0.2, 0.25) is 0 Å². The Morgan fingerprint density at radius 1 is 1.33 bits per heavy atom. The average molecular weight is 264 g/mol. The summed E-state index contributed by atoms with van der Waals surface area (Å²) in [6.07, 6.45) is 1.51. The van der Waals surface area contributed by atoms with Crippen molar-refractivity contribution in [3.63, 3.8) is 0 Å². The maximum Gasteiger partial charge on any atom is 0.220 e. The molecule has 0 unspecified atom stereocenters. The molecule has 98 valence electrons. The molecule has 1 aromatic rings. The van der Waals surface area contributed by atoms with Gasteiger partial charge in [-0.05, 0) is 17.9 Å². The van der Waals surface area contributed by atoms with E-state index < -0.39 is 0 Å². The molecule has 0 aliphatic carbocycles. The largest absolute Gasteiger partial charge is 0.389 e. The number of nitrogens with two attached hydrogens (primary N) is 1. The van der Waals surface area contributed by atoms with Crippen molar-refractivity contribution in [2.75, 3.05) is 0 Å². The van der Waals surface area contributed by atoms with E-state index in [0.29, 0.717) is 23.9 Å². The van der Waals surface area contributed by atoms with Crippen molar-refractivity contribution in [3.8, 4) is 0 Å². The predicted molar refractivity (Wildman–Crippen MR) is 78.2 cm³/mol. The van der Waals surface area contributed by atoms with Gasteiger partial charge in [0.25, 0.3) is 0 Å². The molecule has 4 heteroatoms. The first-order valence-electron chi connectivity index (χ1n) is 6.14. The average Bonchev–Trinajstić information content (AvgIpc) is 2.34. The minimum atomic E-state index is 0.0992. The van der Waals surface area contributed by atoms with Crippen LogP contribution in [0.5, 0.6) is 0 Å². The van der Waals surface area contributed by atoms with E-state index in [4.69, 9.17) is 18.0 Å². The number of carbonyl (C=O) groups is 1. The molecule has 0 fully saturated rings. The van der Waals surface area contributed by atoms with Gasteiger partial charge < -0.3 is 11.1 Å². The van der Waals surface area contributed by atoms with Crippen LogP contribution in [0.1, 0.15) is 37.8 Å². The molecule has 3 nitrogen and oxygen atoms in total. The number of amides is 1. The molecule has 0 heterocycles. The fraction of sp³-hybridized carbons (Fsp3) is 0.429. The van der Waals surface area contributed by atoms with Crippen LogP contribution in [0.4, 0.5) is 0 Å². The second-order valence-corrected chi connectivity index (χ2v) is 5.21. The molecule has 0 atom stereocenters. The van der Waals surface area contributed by atoms with Gasteiger partial charge in [0.1, 0.15) is 4.99 Å². The Balaban J connectivity index is 2.39. The van der Waals surface area contributed by atoms with E-state index in [1.165, 1.54) is 0 Å². The van der Waals surface area contributed by atoms with E-state index in [2.05, 4.69) is 19.2 Å². The Labute approximate surface area is 114 Å². The molecule has 18 heavy (non-hydrogen) atoms. The van der Waals surface area contributed by atoms with E-state index >= 15 is 0 Å². The first-order chi connectivity index (χ1) is 8.49. The number of hydrogen-bond donors (Lipinski definition) is 2. The Kier molecular flexibility index (Phi) is 5.78. The molecule has 0 aromatic heterocycles. The Hall–Kier alpha value is -1.42. The van der Waals surface area contributed by atoms with Crippen molar-refractivity contribution in [2.24, 2.45) is 11.7 Å². The number of nitrogens with one attached hydrogen (secondary N) is 1. The van der Waals surface area contributed by atoms with Gasteiger partial charge in [-0.3, -0.25) is 4.79 Å². The number of thiocarbonyl (C=S) groups is 1. The van der Waals surface area contributed by atoms with Crippen LogP contribution >= 0.6 is 12.2 Å². The summed E-state index contributed by atoms with van der Waals surface area (Å²) in [6.45, 7) is 4.78. The highest BCUT2D eigenvalue weighted by molar-refractivity contribution is 7.80. The summed E-state index contributed by atoms with van der Waals surface area (Å²) >= 11 is 4.88. The van der Waals surface area contributed by atoms with Crippen LogP contribution in [0.15, 0.2) is 24.3 Å². The molecule has 1 amide bonds. The molecular weight excluding hydrogens is 244 g/mol. The monoisotopic (exact) mass is 264 g/mol. The topological polar surface area (TPSA) is 55.1 Å². The standard InChI is InChI=1S/C14H20N2OS/c1-10(2)3-8-13(17)16-9-11-4-6-12(7-5-11)14(15)18/h4-7,10H,3,8-9H2,1-2H3,(H2,15,18)(H,16,17). The second-order valence-electron chi connectivity index (χ2n) is 4.77. The fourth-order valence-corrected chi connectivity index (χ4v) is 1.63. The van der Waals surface area contributed by atoms with Gasteiger partial charge in [-0.25, -0.2) is 0 Å². The molecule has 1 aromatic carbocycles. The summed E-state index contributed by atoms with van der Waals surface area (Å²) in [4.78, 5) is 11.9. The lowest BCUT2D eigenvalue weighted by Crippen LogP contribution is -2.22. The van der Waals surface area contributed by atoms with Crippen LogP contribution in [0.25, 0.3) is 0 Å². The summed E-state index contributed by atoms with van der Waals surface area (Å²) < 4.78 is 0. The van der Waals surface area contributed by atoms with Gasteiger partial charge in [0.2, 0.25) is 5.91 Å². The van der Waals surface area contributed by atoms with Gasteiger partial charge in [-0.2, -0.15) is 0 Å². The van der Waals surface area contributed by atoms with Crippen molar-refractivity contribution in [1.29, 1.82) is 0 Å². The van der Waals surface area contributed by atoms with E-state index in [-0.39, 0.29) is 5.91 Å². The van der Waals surface area contributed by atoms with E-state index in [1.54, 1.807) is 0 Å². The molecular formula is C14H20N2OS. The highest BCUT2D eigenvalue weighted by Crippen LogP contribution is 2.06. The van der Waals surface area contributed by atoms with Crippen molar-refractivity contribution in [3.05, 3.63) is 35.4 Å². The molecule has 0 saturated carbocycles. The number of benzene rings is 1. The molecule has 0 spiro atoms. The number of carbonyl (C=O) groups excluding carboxylic acids is 1. The van der Waals surface area contributed by atoms with Gasteiger partial charge in [0, 0.05) is 18.5 Å². The van der Waals surface area contributed by atoms with Gasteiger partial charge >= 0.3 is 0 Å². The summed E-state index contributed by atoms with van der Waals surface area (Å²) in [5.41, 5.74) is 7.41. The predicted octanol–water partition coefficient (Wildman–Crippen LogP) is 2.37. The maximum atomic E-state index is 11.5. The highest BCUT2D eigenvalue weighted by Gasteiger charge is 2.03. The molecule has 3 N–H and O–H groups in total. The number of rotatable bonds is 6. The van der Waals surface area contributed by atoms with Crippen molar-refractivity contribution >= 4 is 23.1 Å². The van der Waals surface area contributed by atoms with Crippen molar-refractivity contribution in [1.82, 2.24) is 5.32 Å². The van der Waals surface area contributed by atoms with Crippen LogP contribution < -0.4 is 11.1 Å². The first kappa shape index (κ1) is 14.6. The summed E-state index contributed by atoms with van der Waals surface area (Å²) in [5, 5.41) is 2.90. The molecule has 0 aliphatic heterocycles. The zero-order valence-corrected chi connectivity index (χ0v) is 11.7. The smallest absolute Gasteiger partial charge is 0.220 e. The normalized spacial score (nSPS) is 10.4. The maximum absolute atomic E-state index is 11.5. The van der Waals surface area contributed by atoms with E-state index in [0.717, 1.165) is 17.5 Å². The Morgan fingerprint density at radius 2 is 1.94 bits per heavy atom. The number of hydrogen-bond acceptors (Lipinski definition) is 2. The zero-order valence-electron chi connectivity index (χ0n) is 10.9. The summed E-state index contributed by atoms with van der Waals surface area (Å²) in [5.74, 6) is 0.655. The summed E-state index contributed by atoms with van der Waals surface area (Å²) in [7, 11) is 0. The van der Waals surface area contributed by atoms with Gasteiger partial charge in [-0.15, -0.1) is 0 Å². The molecule has 0 radical (unpaired) electrons. The van der Waals surface area contributed by atoms with Gasteiger partial charge in [-0.1, -0.05) is 50.3 Å². The Morgan fingerprint density at radius 3 is 2.44 bits per heavy atom. The quantitative estimate of drug-likeness (QED) is 0.776. The fourth-order valence-electron chi connectivity index (χ4n) is 1.50. The van der Waals surface area contributed by atoms with Crippen LogP contribution in [-0.4, -0.2) is 10.9 Å². The molecule has 1 rings (SSSR count). The molecule has 0 bridgehead atoms. The minimum absolute atomic E-state index is 0.0992. The van der Waals surface area contributed by atoms with Gasteiger partial charge in [0.05, 0.1) is 0 Å². The third-order valence-electron chi connectivity index (χ3n) is 2.68. The molecule has 0 aliphatic rings. The zero-order chi connectivity index (χ0) is 13.5. The SMILES string of the molecule is CC(C)CCC(=O)NCc1ccc(C(N)=S)cc1.